The van der Waals surface area contributed by atoms with E-state index in [0.29, 0.717) is 21.6 Å². The number of amides is 1. The summed E-state index contributed by atoms with van der Waals surface area (Å²) in [6.45, 7) is 5.83. The number of hydrogen-bond donors (Lipinski definition) is 3. The second-order valence-corrected chi connectivity index (χ2v) is 6.45. The van der Waals surface area contributed by atoms with Crippen LogP contribution in [0.5, 0.6) is 0 Å². The van der Waals surface area contributed by atoms with E-state index < -0.39 is 18.1 Å². The van der Waals surface area contributed by atoms with Gasteiger partial charge >= 0.3 is 5.97 Å². The first-order chi connectivity index (χ1) is 10.4. The summed E-state index contributed by atoms with van der Waals surface area (Å²) in [5.74, 6) is -1.04. The van der Waals surface area contributed by atoms with E-state index in [4.69, 9.17) is 0 Å². The molecule has 1 aromatic carbocycles. The average Bonchev–Trinajstić information content (AvgIpc) is 2.46. The fraction of sp³-hybridized carbons (Fsp3) is 0.500. The van der Waals surface area contributed by atoms with Gasteiger partial charge in [0.1, 0.15) is 6.04 Å². The van der Waals surface area contributed by atoms with E-state index in [0.717, 1.165) is 5.56 Å². The summed E-state index contributed by atoms with van der Waals surface area (Å²) in [6, 6.07) is 8.45. The normalized spacial score (nSPS) is 14.2. The molecule has 122 valence electrons. The second kappa shape index (κ2) is 9.54. The first-order valence-electron chi connectivity index (χ1n) is 7.43. The van der Waals surface area contributed by atoms with Crippen molar-refractivity contribution in [2.24, 2.45) is 5.92 Å². The van der Waals surface area contributed by atoms with Gasteiger partial charge in [0.05, 0.1) is 6.04 Å². The lowest BCUT2D eigenvalue weighted by molar-refractivity contribution is -0.142. The number of hydrogen-bond acceptors (Lipinski definition) is 3. The highest BCUT2D eigenvalue weighted by atomic mass is 31.1. The van der Waals surface area contributed by atoms with Crippen molar-refractivity contribution in [3.05, 3.63) is 35.9 Å². The molecule has 1 amide bonds. The van der Waals surface area contributed by atoms with Crippen LogP contribution in [0.1, 0.15) is 25.8 Å². The summed E-state index contributed by atoms with van der Waals surface area (Å²) >= 11 is 0. The molecule has 0 aliphatic carbocycles. The third-order valence-electron chi connectivity index (χ3n) is 3.24. The molecule has 0 aliphatic heterocycles. The summed E-state index contributed by atoms with van der Waals surface area (Å²) < 4.78 is 0. The predicted octanol–water partition coefficient (Wildman–Crippen LogP) is 2.03. The van der Waals surface area contributed by atoms with E-state index >= 15 is 0 Å². The minimum Gasteiger partial charge on any atom is -0.480 e. The molecule has 1 rings (SSSR count). The molecule has 0 radical (unpaired) electrons. The van der Waals surface area contributed by atoms with Crippen molar-refractivity contribution >= 4 is 20.6 Å². The molecule has 0 fully saturated rings. The Morgan fingerprint density at radius 3 is 2.32 bits per heavy atom. The Hall–Kier alpha value is -1.45. The smallest absolute Gasteiger partial charge is 0.326 e. The van der Waals surface area contributed by atoms with Gasteiger partial charge in [-0.1, -0.05) is 52.9 Å². The molecule has 5 nitrogen and oxygen atoms in total. The quantitative estimate of drug-likeness (QED) is 0.607. The van der Waals surface area contributed by atoms with Crippen LogP contribution in [0.25, 0.3) is 0 Å². The Labute approximate surface area is 133 Å². The van der Waals surface area contributed by atoms with Gasteiger partial charge < -0.3 is 10.4 Å². The number of carboxylic acids is 1. The molecule has 0 heterocycles. The number of benzene rings is 1. The number of rotatable bonds is 9. The maximum absolute atomic E-state index is 12.4. The molecule has 0 spiro atoms. The lowest BCUT2D eigenvalue weighted by Gasteiger charge is -2.22. The van der Waals surface area contributed by atoms with Gasteiger partial charge in [0, 0.05) is 0 Å². The zero-order valence-electron chi connectivity index (χ0n) is 13.3. The lowest BCUT2D eigenvalue weighted by atomic mass is 10.0. The molecule has 3 atom stereocenters. The molecular formula is C16H25N2O3P. The third kappa shape index (κ3) is 6.54. The second-order valence-electron chi connectivity index (χ2n) is 5.67. The zero-order valence-corrected chi connectivity index (χ0v) is 14.3. The summed E-state index contributed by atoms with van der Waals surface area (Å²) in [5.41, 5.74) is 1.05. The lowest BCUT2D eigenvalue weighted by Crippen LogP contribution is -2.49. The highest BCUT2D eigenvalue weighted by Gasteiger charge is 2.25. The van der Waals surface area contributed by atoms with Crippen LogP contribution in [0, 0.1) is 5.92 Å². The fourth-order valence-electron chi connectivity index (χ4n) is 2.20. The van der Waals surface area contributed by atoms with Crippen LogP contribution < -0.4 is 10.4 Å². The summed E-state index contributed by atoms with van der Waals surface area (Å²) in [4.78, 5) is 23.7. The SMILES string of the molecule is CPN[C@@H](Cc1ccccc1)C(=O)N[C@@H](CC(C)C)C(=O)O. The largest absolute Gasteiger partial charge is 0.480 e. The number of carboxylic acid groups (broad SMARTS) is 1. The van der Waals surface area contributed by atoms with Crippen molar-refractivity contribution in [3.63, 3.8) is 0 Å². The zero-order chi connectivity index (χ0) is 16.5. The monoisotopic (exact) mass is 324 g/mol. The maximum Gasteiger partial charge on any atom is 0.326 e. The van der Waals surface area contributed by atoms with Crippen LogP contribution in [0.2, 0.25) is 0 Å². The molecule has 3 N–H and O–H groups in total. The third-order valence-corrected chi connectivity index (χ3v) is 3.88. The van der Waals surface area contributed by atoms with Crippen molar-refractivity contribution in [3.8, 4) is 0 Å². The molecular weight excluding hydrogens is 299 g/mol. The topological polar surface area (TPSA) is 78.4 Å². The van der Waals surface area contributed by atoms with Gasteiger partial charge in [-0.05, 0) is 31.0 Å². The maximum atomic E-state index is 12.4. The molecule has 0 bridgehead atoms. The van der Waals surface area contributed by atoms with Crippen molar-refractivity contribution in [1.82, 2.24) is 10.4 Å². The van der Waals surface area contributed by atoms with Gasteiger partial charge in [0.15, 0.2) is 0 Å². The Morgan fingerprint density at radius 1 is 1.18 bits per heavy atom. The summed E-state index contributed by atoms with van der Waals surface area (Å²) in [7, 11) is 0.411. The molecule has 0 saturated heterocycles. The van der Waals surface area contributed by atoms with Gasteiger partial charge in [0.25, 0.3) is 0 Å². The van der Waals surface area contributed by atoms with E-state index in [1.165, 1.54) is 0 Å². The number of carbonyl (C=O) groups excluding carboxylic acids is 1. The minimum absolute atomic E-state index is 0.204. The van der Waals surface area contributed by atoms with Gasteiger partial charge in [-0.25, -0.2) is 4.79 Å². The highest BCUT2D eigenvalue weighted by Crippen LogP contribution is 2.10. The van der Waals surface area contributed by atoms with Crippen molar-refractivity contribution in [2.45, 2.75) is 38.8 Å². The van der Waals surface area contributed by atoms with Crippen molar-refractivity contribution < 1.29 is 14.7 Å². The van der Waals surface area contributed by atoms with Gasteiger partial charge in [0.2, 0.25) is 5.91 Å². The standard InChI is InChI=1S/C16H25N2O3P/c1-11(2)9-14(16(20)21)17-15(19)13(18-22-3)10-12-7-5-4-6-8-12/h4-8,11,13-14,18,22H,9-10H2,1-3H3,(H,17,19)(H,20,21)/t13-,14-/m0/s1. The van der Waals surface area contributed by atoms with Gasteiger partial charge in [-0.3, -0.25) is 9.88 Å². The van der Waals surface area contributed by atoms with Crippen LogP contribution in [-0.4, -0.2) is 35.7 Å². The first kappa shape index (κ1) is 18.6. The van der Waals surface area contributed by atoms with Gasteiger partial charge in [-0.2, -0.15) is 0 Å². The minimum atomic E-state index is -0.987. The van der Waals surface area contributed by atoms with E-state index in [1.807, 2.05) is 50.8 Å². The predicted molar refractivity (Wildman–Crippen MR) is 90.3 cm³/mol. The van der Waals surface area contributed by atoms with Gasteiger partial charge in [-0.15, -0.1) is 0 Å². The number of nitrogens with one attached hydrogen (secondary N) is 2. The highest BCUT2D eigenvalue weighted by molar-refractivity contribution is 7.34. The molecule has 0 saturated carbocycles. The number of carbonyl (C=O) groups is 2. The Bertz CT molecular complexity index is 480. The van der Waals surface area contributed by atoms with Crippen molar-refractivity contribution in [2.75, 3.05) is 6.66 Å². The van der Waals surface area contributed by atoms with Crippen molar-refractivity contribution in [1.29, 1.82) is 0 Å². The molecule has 0 aromatic heterocycles. The molecule has 1 unspecified atom stereocenters. The van der Waals surface area contributed by atoms with Crippen LogP contribution >= 0.6 is 8.73 Å². The van der Waals surface area contributed by atoms with E-state index in [1.54, 1.807) is 0 Å². The van der Waals surface area contributed by atoms with E-state index in [-0.39, 0.29) is 11.8 Å². The van der Waals surface area contributed by atoms with Crippen LogP contribution in [0.3, 0.4) is 0 Å². The Kier molecular flexibility index (Phi) is 8.07. The molecule has 6 heteroatoms. The first-order valence-corrected chi connectivity index (χ1v) is 8.93. The Balaban J connectivity index is 2.73. The van der Waals surface area contributed by atoms with Crippen LogP contribution in [0.15, 0.2) is 30.3 Å². The Morgan fingerprint density at radius 2 is 1.82 bits per heavy atom. The summed E-state index contributed by atoms with van der Waals surface area (Å²) in [6.07, 6.45) is 0.967. The van der Waals surface area contributed by atoms with Crippen LogP contribution in [0.4, 0.5) is 0 Å². The molecule has 0 aliphatic rings. The number of aliphatic carboxylic acids is 1. The summed E-state index contributed by atoms with van der Waals surface area (Å²) in [5, 5.41) is 15.0. The van der Waals surface area contributed by atoms with E-state index in [2.05, 4.69) is 10.4 Å². The molecule has 22 heavy (non-hydrogen) atoms. The average molecular weight is 324 g/mol. The molecule has 1 aromatic rings. The fourth-order valence-corrected chi connectivity index (χ4v) is 2.78. The van der Waals surface area contributed by atoms with E-state index in [9.17, 15) is 14.7 Å². The van der Waals surface area contributed by atoms with Crippen LogP contribution in [-0.2, 0) is 16.0 Å².